The van der Waals surface area contributed by atoms with E-state index < -0.39 is 0 Å². The van der Waals surface area contributed by atoms with Crippen molar-refractivity contribution in [1.29, 1.82) is 5.26 Å². The summed E-state index contributed by atoms with van der Waals surface area (Å²) in [5.74, 6) is 0.359. The number of aromatic nitrogens is 4. The smallest absolute Gasteiger partial charge is 0.254 e. The van der Waals surface area contributed by atoms with Crippen LogP contribution >= 0.6 is 0 Å². The molecule has 1 aromatic carbocycles. The SMILES string of the molecule is C[C@H]1C[C@@H](Cn2ccc3nc(-c4cn[nH]c4)ccc32)CN1C(=O)c1cccc(C#N)c1. The molecule has 0 bridgehead atoms. The van der Waals surface area contributed by atoms with Crippen LogP contribution in [0.3, 0.4) is 0 Å². The van der Waals surface area contributed by atoms with E-state index in [2.05, 4.69) is 40.0 Å². The minimum Gasteiger partial charge on any atom is -0.346 e. The molecule has 1 fully saturated rings. The number of fused-ring (bicyclic) bond motifs is 1. The van der Waals surface area contributed by atoms with Gasteiger partial charge in [0.1, 0.15) is 0 Å². The van der Waals surface area contributed by atoms with Crippen LogP contribution in [0.4, 0.5) is 0 Å². The van der Waals surface area contributed by atoms with Crippen molar-refractivity contribution in [3.63, 3.8) is 0 Å². The molecule has 0 saturated carbocycles. The van der Waals surface area contributed by atoms with E-state index in [0.29, 0.717) is 23.6 Å². The number of nitrogens with zero attached hydrogens (tertiary/aromatic N) is 5. The molecule has 0 spiro atoms. The van der Waals surface area contributed by atoms with Crippen LogP contribution in [0.2, 0.25) is 0 Å². The first-order chi connectivity index (χ1) is 15.1. The van der Waals surface area contributed by atoms with Crippen LogP contribution in [0.1, 0.15) is 29.3 Å². The maximum Gasteiger partial charge on any atom is 0.254 e. The van der Waals surface area contributed by atoms with E-state index in [1.54, 1.807) is 30.5 Å². The Labute approximate surface area is 179 Å². The van der Waals surface area contributed by atoms with E-state index in [0.717, 1.165) is 35.3 Å². The number of aromatic amines is 1. The molecular formula is C24H22N6O. The zero-order chi connectivity index (χ0) is 21.4. The summed E-state index contributed by atoms with van der Waals surface area (Å²) in [6.07, 6.45) is 6.62. The molecule has 1 aliphatic rings. The Morgan fingerprint density at radius 3 is 3.00 bits per heavy atom. The highest BCUT2D eigenvalue weighted by atomic mass is 16.2. The highest BCUT2D eigenvalue weighted by Crippen LogP contribution is 2.28. The molecule has 1 saturated heterocycles. The maximum absolute atomic E-state index is 13.0. The van der Waals surface area contributed by atoms with E-state index in [1.165, 1.54) is 0 Å². The normalized spacial score (nSPS) is 18.4. The Hall–Kier alpha value is -3.92. The number of likely N-dealkylation sites (tertiary alicyclic amines) is 1. The average molecular weight is 410 g/mol. The largest absolute Gasteiger partial charge is 0.346 e. The van der Waals surface area contributed by atoms with Gasteiger partial charge in [-0.15, -0.1) is 0 Å². The molecule has 0 radical (unpaired) electrons. The number of H-pyrrole nitrogens is 1. The molecule has 4 aromatic rings. The average Bonchev–Trinajstić information content (AvgIpc) is 3.54. The van der Waals surface area contributed by atoms with Crippen molar-refractivity contribution >= 4 is 16.9 Å². The summed E-state index contributed by atoms with van der Waals surface area (Å²) in [5, 5.41) is 15.9. The van der Waals surface area contributed by atoms with E-state index in [4.69, 9.17) is 10.2 Å². The van der Waals surface area contributed by atoms with Crippen molar-refractivity contribution in [2.45, 2.75) is 25.9 Å². The van der Waals surface area contributed by atoms with E-state index in [1.807, 2.05) is 23.2 Å². The Balaban J connectivity index is 1.32. The lowest BCUT2D eigenvalue weighted by Gasteiger charge is -2.21. The van der Waals surface area contributed by atoms with Crippen molar-refractivity contribution in [2.75, 3.05) is 6.54 Å². The summed E-state index contributed by atoms with van der Waals surface area (Å²) in [5.41, 5.74) is 4.99. The number of carbonyl (C=O) groups is 1. The summed E-state index contributed by atoms with van der Waals surface area (Å²) >= 11 is 0. The predicted octanol–water partition coefficient (Wildman–Crippen LogP) is 3.85. The number of rotatable bonds is 4. The standard InChI is InChI=1S/C24H22N6O/c1-16-9-18(15-30(16)24(31)19-4-2-3-17(10-19)11-25)14-29-8-7-22-23(29)6-5-21(28-22)20-12-26-27-13-20/h2-8,10,12-13,16,18H,9,14-15H2,1H3,(H,26,27)/t16-,18-/m0/s1. The Bertz CT molecular complexity index is 1280. The second-order valence-corrected chi connectivity index (χ2v) is 8.16. The highest BCUT2D eigenvalue weighted by molar-refractivity contribution is 5.95. The predicted molar refractivity (Wildman–Crippen MR) is 117 cm³/mol. The minimum absolute atomic E-state index is 0.00381. The minimum atomic E-state index is -0.00381. The van der Waals surface area contributed by atoms with Crippen molar-refractivity contribution in [3.8, 4) is 17.3 Å². The van der Waals surface area contributed by atoms with E-state index in [9.17, 15) is 4.79 Å². The van der Waals surface area contributed by atoms with Gasteiger partial charge in [0.15, 0.2) is 0 Å². The number of amides is 1. The molecular weight excluding hydrogens is 388 g/mol. The molecule has 2 atom stereocenters. The van der Waals surface area contributed by atoms with Crippen molar-refractivity contribution < 1.29 is 4.79 Å². The third-order valence-electron chi connectivity index (χ3n) is 6.03. The molecule has 1 aliphatic heterocycles. The van der Waals surface area contributed by atoms with Gasteiger partial charge in [0.25, 0.3) is 5.91 Å². The number of nitriles is 1. The summed E-state index contributed by atoms with van der Waals surface area (Å²) in [6.45, 7) is 3.64. The van der Waals surface area contributed by atoms with Gasteiger partial charge in [-0.05, 0) is 55.7 Å². The molecule has 1 N–H and O–H groups in total. The molecule has 1 amide bonds. The quantitative estimate of drug-likeness (QED) is 0.553. The number of hydrogen-bond donors (Lipinski definition) is 1. The Morgan fingerprint density at radius 2 is 2.19 bits per heavy atom. The van der Waals surface area contributed by atoms with Gasteiger partial charge in [-0.2, -0.15) is 10.4 Å². The zero-order valence-corrected chi connectivity index (χ0v) is 17.2. The number of benzene rings is 1. The third-order valence-corrected chi connectivity index (χ3v) is 6.03. The molecule has 31 heavy (non-hydrogen) atoms. The van der Waals surface area contributed by atoms with Gasteiger partial charge in [-0.25, -0.2) is 4.98 Å². The number of hydrogen-bond acceptors (Lipinski definition) is 4. The van der Waals surface area contributed by atoms with Gasteiger partial charge in [0.2, 0.25) is 0 Å². The summed E-state index contributed by atoms with van der Waals surface area (Å²) < 4.78 is 2.23. The Morgan fingerprint density at radius 1 is 1.29 bits per heavy atom. The highest BCUT2D eigenvalue weighted by Gasteiger charge is 2.33. The fraction of sp³-hybridized carbons (Fsp3) is 0.250. The molecule has 3 aromatic heterocycles. The fourth-order valence-corrected chi connectivity index (χ4v) is 4.51. The molecule has 7 nitrogen and oxygen atoms in total. The lowest BCUT2D eigenvalue weighted by Crippen LogP contribution is -2.34. The molecule has 7 heteroatoms. The van der Waals surface area contributed by atoms with Crippen LogP contribution in [-0.4, -0.2) is 43.1 Å². The summed E-state index contributed by atoms with van der Waals surface area (Å²) in [4.78, 5) is 19.7. The number of carbonyl (C=O) groups excluding carboxylic acids is 1. The third kappa shape index (κ3) is 3.57. The summed E-state index contributed by atoms with van der Waals surface area (Å²) in [7, 11) is 0. The second kappa shape index (κ2) is 7.73. The first kappa shape index (κ1) is 19.1. The van der Waals surface area contributed by atoms with Gasteiger partial charge in [-0.1, -0.05) is 6.07 Å². The maximum atomic E-state index is 13.0. The van der Waals surface area contributed by atoms with Crippen LogP contribution < -0.4 is 0 Å². The lowest BCUT2D eigenvalue weighted by atomic mass is 10.1. The summed E-state index contributed by atoms with van der Waals surface area (Å²) in [6, 6.07) is 15.4. The van der Waals surface area contributed by atoms with Crippen molar-refractivity contribution in [3.05, 3.63) is 72.2 Å². The van der Waals surface area contributed by atoms with Gasteiger partial charge < -0.3 is 9.47 Å². The van der Waals surface area contributed by atoms with Gasteiger partial charge >= 0.3 is 0 Å². The molecule has 0 aliphatic carbocycles. The van der Waals surface area contributed by atoms with Gasteiger partial charge in [0.05, 0.1) is 34.6 Å². The number of pyridine rings is 1. The van der Waals surface area contributed by atoms with Gasteiger partial charge in [0, 0.05) is 42.7 Å². The van der Waals surface area contributed by atoms with Gasteiger partial charge in [-0.3, -0.25) is 9.89 Å². The molecule has 5 rings (SSSR count). The topological polar surface area (TPSA) is 90.6 Å². The van der Waals surface area contributed by atoms with Crippen LogP contribution in [0.15, 0.2) is 61.1 Å². The second-order valence-electron chi connectivity index (χ2n) is 8.16. The van der Waals surface area contributed by atoms with Crippen LogP contribution in [0.5, 0.6) is 0 Å². The lowest BCUT2D eigenvalue weighted by molar-refractivity contribution is 0.0742. The van der Waals surface area contributed by atoms with Crippen molar-refractivity contribution in [1.82, 2.24) is 24.6 Å². The molecule has 154 valence electrons. The molecule has 0 unspecified atom stereocenters. The van der Waals surface area contributed by atoms with Crippen LogP contribution in [-0.2, 0) is 6.54 Å². The van der Waals surface area contributed by atoms with E-state index >= 15 is 0 Å². The monoisotopic (exact) mass is 410 g/mol. The van der Waals surface area contributed by atoms with Crippen LogP contribution in [0, 0.1) is 17.2 Å². The zero-order valence-electron chi connectivity index (χ0n) is 17.2. The molecule has 4 heterocycles. The Kier molecular flexibility index (Phi) is 4.75. The fourth-order valence-electron chi connectivity index (χ4n) is 4.51. The first-order valence-corrected chi connectivity index (χ1v) is 10.4. The van der Waals surface area contributed by atoms with E-state index in [-0.39, 0.29) is 11.9 Å². The number of nitrogens with one attached hydrogen (secondary N) is 1. The first-order valence-electron chi connectivity index (χ1n) is 10.4. The van der Waals surface area contributed by atoms with Crippen molar-refractivity contribution in [2.24, 2.45) is 5.92 Å². The van der Waals surface area contributed by atoms with Crippen LogP contribution in [0.25, 0.3) is 22.3 Å².